The Balaban J connectivity index is 3.24. The summed E-state index contributed by atoms with van der Waals surface area (Å²) in [6.07, 6.45) is 25.3. The lowest BCUT2D eigenvalue weighted by Crippen LogP contribution is -2.06. The van der Waals surface area contributed by atoms with Gasteiger partial charge >= 0.3 is 5.97 Å². The maximum Gasteiger partial charge on any atom is 0.303 e. The van der Waals surface area contributed by atoms with Gasteiger partial charge in [-0.25, -0.2) is 0 Å². The van der Waals surface area contributed by atoms with E-state index < -0.39 is 5.97 Å². The molecule has 0 spiro atoms. The minimum atomic E-state index is -0.698. The van der Waals surface area contributed by atoms with Crippen molar-refractivity contribution in [1.29, 1.82) is 0 Å². The van der Waals surface area contributed by atoms with Crippen molar-refractivity contribution < 1.29 is 14.6 Å². The van der Waals surface area contributed by atoms with Gasteiger partial charge in [-0.15, -0.1) is 0 Å². The van der Waals surface area contributed by atoms with Crippen LogP contribution in [0.1, 0.15) is 123 Å². The lowest BCUT2D eigenvalue weighted by Gasteiger charge is -2.10. The Labute approximate surface area is 175 Å². The van der Waals surface area contributed by atoms with E-state index in [1.54, 1.807) is 0 Å². The lowest BCUT2D eigenvalue weighted by molar-refractivity contribution is -0.137. The first-order chi connectivity index (χ1) is 13.7. The van der Waals surface area contributed by atoms with Gasteiger partial charge in [0.15, 0.2) is 0 Å². The third-order valence-corrected chi connectivity index (χ3v) is 5.30. The van der Waals surface area contributed by atoms with Crippen LogP contribution in [0.5, 0.6) is 0 Å². The number of hydrogen-bond donors (Lipinski definition) is 1. The Morgan fingerprint density at radius 2 is 1.39 bits per heavy atom. The van der Waals surface area contributed by atoms with Crippen LogP contribution in [0, 0.1) is 5.92 Å². The summed E-state index contributed by atoms with van der Waals surface area (Å²) in [6, 6.07) is 0. The standard InChI is InChI=1S/C25H48O3/c1-3-4-5-6-7-8-9-10-11-12-13-14-15-17-20-24(2)23-28-22-19-16-18-21-25(26)27/h14-15,24H,3-13,16-23H2,1-2H3,(H,26,27)/b15-14-. The van der Waals surface area contributed by atoms with Crippen LogP contribution in [0.15, 0.2) is 12.2 Å². The second kappa shape index (κ2) is 22.5. The van der Waals surface area contributed by atoms with E-state index in [0.717, 1.165) is 38.9 Å². The van der Waals surface area contributed by atoms with Crippen molar-refractivity contribution in [1.82, 2.24) is 0 Å². The molecule has 1 unspecified atom stereocenters. The monoisotopic (exact) mass is 396 g/mol. The van der Waals surface area contributed by atoms with Crippen molar-refractivity contribution in [3.8, 4) is 0 Å². The highest BCUT2D eigenvalue weighted by Gasteiger charge is 2.01. The van der Waals surface area contributed by atoms with Crippen LogP contribution < -0.4 is 0 Å². The number of carboxylic acids is 1. The molecule has 0 bridgehead atoms. The third-order valence-electron chi connectivity index (χ3n) is 5.30. The summed E-state index contributed by atoms with van der Waals surface area (Å²) >= 11 is 0. The van der Waals surface area contributed by atoms with Crippen molar-refractivity contribution in [2.24, 2.45) is 5.92 Å². The van der Waals surface area contributed by atoms with Crippen LogP contribution in [0.2, 0.25) is 0 Å². The molecule has 0 fully saturated rings. The smallest absolute Gasteiger partial charge is 0.303 e. The van der Waals surface area contributed by atoms with Gasteiger partial charge in [0, 0.05) is 19.6 Å². The summed E-state index contributed by atoms with van der Waals surface area (Å²) < 4.78 is 5.70. The summed E-state index contributed by atoms with van der Waals surface area (Å²) in [5.74, 6) is -0.100. The molecule has 3 nitrogen and oxygen atoms in total. The number of hydrogen-bond acceptors (Lipinski definition) is 2. The molecular weight excluding hydrogens is 348 g/mol. The summed E-state index contributed by atoms with van der Waals surface area (Å²) in [7, 11) is 0. The van der Waals surface area contributed by atoms with Crippen LogP contribution in [-0.4, -0.2) is 24.3 Å². The Morgan fingerprint density at radius 1 is 0.821 bits per heavy atom. The Morgan fingerprint density at radius 3 is 2.04 bits per heavy atom. The maximum atomic E-state index is 10.4. The molecular formula is C25H48O3. The molecule has 0 rings (SSSR count). The molecule has 1 atom stereocenters. The Bertz CT molecular complexity index is 352. The largest absolute Gasteiger partial charge is 0.481 e. The van der Waals surface area contributed by atoms with Gasteiger partial charge in [-0.2, -0.15) is 0 Å². The molecule has 0 saturated heterocycles. The number of allylic oxidation sites excluding steroid dienone is 2. The molecule has 0 aromatic rings. The average Bonchev–Trinajstić information content (AvgIpc) is 2.67. The average molecular weight is 397 g/mol. The number of carbonyl (C=O) groups is 1. The van der Waals surface area contributed by atoms with Crippen molar-refractivity contribution in [2.75, 3.05) is 13.2 Å². The number of carboxylic acid groups (broad SMARTS) is 1. The highest BCUT2D eigenvalue weighted by Crippen LogP contribution is 2.12. The van der Waals surface area contributed by atoms with Gasteiger partial charge in [0.05, 0.1) is 0 Å². The number of unbranched alkanes of at least 4 members (excludes halogenated alkanes) is 12. The quantitative estimate of drug-likeness (QED) is 0.149. The highest BCUT2D eigenvalue weighted by molar-refractivity contribution is 5.66. The maximum absolute atomic E-state index is 10.4. The lowest BCUT2D eigenvalue weighted by atomic mass is 10.0. The van der Waals surface area contributed by atoms with E-state index in [2.05, 4.69) is 26.0 Å². The topological polar surface area (TPSA) is 46.5 Å². The van der Waals surface area contributed by atoms with Crippen LogP contribution in [-0.2, 0) is 9.53 Å². The van der Waals surface area contributed by atoms with Crippen molar-refractivity contribution in [3.63, 3.8) is 0 Å². The summed E-state index contributed by atoms with van der Waals surface area (Å²) in [4.78, 5) is 10.4. The van der Waals surface area contributed by atoms with E-state index >= 15 is 0 Å². The minimum Gasteiger partial charge on any atom is -0.481 e. The highest BCUT2D eigenvalue weighted by atomic mass is 16.5. The third kappa shape index (κ3) is 23.2. The van der Waals surface area contributed by atoms with Gasteiger partial charge in [0.25, 0.3) is 0 Å². The SMILES string of the molecule is CCCCCCCCCCCC/C=C\CCC(C)COCCCCCC(=O)O. The summed E-state index contributed by atoms with van der Waals surface area (Å²) in [5, 5.41) is 8.58. The number of rotatable bonds is 22. The second-order valence-corrected chi connectivity index (χ2v) is 8.40. The van der Waals surface area contributed by atoms with Crippen LogP contribution in [0.4, 0.5) is 0 Å². The zero-order valence-corrected chi connectivity index (χ0v) is 18.9. The Kier molecular flexibility index (Phi) is 21.8. The zero-order valence-electron chi connectivity index (χ0n) is 18.9. The molecule has 0 aliphatic heterocycles. The molecule has 0 aliphatic rings. The van der Waals surface area contributed by atoms with Crippen LogP contribution in [0.25, 0.3) is 0 Å². The molecule has 0 heterocycles. The minimum absolute atomic E-state index is 0.280. The molecule has 166 valence electrons. The van der Waals surface area contributed by atoms with Crippen LogP contribution >= 0.6 is 0 Å². The summed E-state index contributed by atoms with van der Waals surface area (Å²) in [6.45, 7) is 6.12. The van der Waals surface area contributed by atoms with Crippen LogP contribution in [0.3, 0.4) is 0 Å². The number of aliphatic carboxylic acids is 1. The molecule has 0 amide bonds. The fourth-order valence-corrected chi connectivity index (χ4v) is 3.39. The molecule has 3 heteroatoms. The molecule has 0 aromatic carbocycles. The zero-order chi connectivity index (χ0) is 20.7. The molecule has 0 saturated carbocycles. The predicted octanol–water partition coefficient (Wildman–Crippen LogP) is 7.93. The van der Waals surface area contributed by atoms with Crippen molar-refractivity contribution in [2.45, 2.75) is 123 Å². The van der Waals surface area contributed by atoms with E-state index in [9.17, 15) is 4.79 Å². The normalized spacial score (nSPS) is 12.6. The predicted molar refractivity (Wildman–Crippen MR) is 121 cm³/mol. The van der Waals surface area contributed by atoms with Gasteiger partial charge in [0.1, 0.15) is 0 Å². The van der Waals surface area contributed by atoms with Gasteiger partial charge < -0.3 is 9.84 Å². The first-order valence-electron chi connectivity index (χ1n) is 12.1. The molecule has 0 radical (unpaired) electrons. The number of ether oxygens (including phenoxy) is 1. The second-order valence-electron chi connectivity index (χ2n) is 8.40. The van der Waals surface area contributed by atoms with E-state index in [0.29, 0.717) is 5.92 Å². The first-order valence-corrected chi connectivity index (χ1v) is 12.1. The van der Waals surface area contributed by atoms with Gasteiger partial charge in [0.2, 0.25) is 0 Å². The van der Waals surface area contributed by atoms with Crippen molar-refractivity contribution >= 4 is 5.97 Å². The molecule has 0 aliphatic carbocycles. The summed E-state index contributed by atoms with van der Waals surface area (Å²) in [5.41, 5.74) is 0. The molecule has 0 aromatic heterocycles. The molecule has 1 N–H and O–H groups in total. The van der Waals surface area contributed by atoms with E-state index in [1.807, 2.05) is 0 Å². The van der Waals surface area contributed by atoms with Gasteiger partial charge in [-0.1, -0.05) is 90.2 Å². The van der Waals surface area contributed by atoms with Crippen molar-refractivity contribution in [3.05, 3.63) is 12.2 Å². The van der Waals surface area contributed by atoms with E-state index in [1.165, 1.54) is 77.0 Å². The fraction of sp³-hybridized carbons (Fsp3) is 0.880. The first kappa shape index (κ1) is 27.2. The van der Waals surface area contributed by atoms with Gasteiger partial charge in [-0.3, -0.25) is 4.79 Å². The fourth-order valence-electron chi connectivity index (χ4n) is 3.39. The van der Waals surface area contributed by atoms with Gasteiger partial charge in [-0.05, 0) is 44.4 Å². The Hall–Kier alpha value is -0.830. The van der Waals surface area contributed by atoms with E-state index in [-0.39, 0.29) is 6.42 Å². The van der Waals surface area contributed by atoms with E-state index in [4.69, 9.17) is 9.84 Å². The molecule has 28 heavy (non-hydrogen) atoms.